The van der Waals surface area contributed by atoms with Crippen molar-refractivity contribution < 1.29 is 0 Å². The van der Waals surface area contributed by atoms with Gasteiger partial charge in [0.05, 0.1) is 0 Å². The number of unbranched alkanes of at least 4 members (excludes halogenated alkanes) is 2. The molecule has 0 bridgehead atoms. The summed E-state index contributed by atoms with van der Waals surface area (Å²) in [6.07, 6.45) is 11.9. The molecular formula is C12H24. The molecule has 1 fully saturated rings. The first-order valence-corrected chi connectivity index (χ1v) is 5.83. The summed E-state index contributed by atoms with van der Waals surface area (Å²) in [5.41, 5.74) is 0. The zero-order valence-electron chi connectivity index (χ0n) is 8.81. The van der Waals surface area contributed by atoms with Crippen LogP contribution in [-0.2, 0) is 0 Å². The van der Waals surface area contributed by atoms with Gasteiger partial charge in [0.1, 0.15) is 0 Å². The highest BCUT2D eigenvalue weighted by atomic mass is 14.3. The van der Waals surface area contributed by atoms with Crippen LogP contribution in [0.5, 0.6) is 0 Å². The molecule has 0 aliphatic heterocycles. The van der Waals surface area contributed by atoms with Crippen LogP contribution in [0.15, 0.2) is 0 Å². The molecule has 0 spiro atoms. The van der Waals surface area contributed by atoms with Gasteiger partial charge in [-0.25, -0.2) is 0 Å². The van der Waals surface area contributed by atoms with Gasteiger partial charge < -0.3 is 0 Å². The van der Waals surface area contributed by atoms with Crippen LogP contribution in [0.4, 0.5) is 0 Å². The minimum atomic E-state index is 0.964. The van der Waals surface area contributed by atoms with E-state index in [0.29, 0.717) is 0 Å². The summed E-state index contributed by atoms with van der Waals surface area (Å²) >= 11 is 0. The summed E-state index contributed by atoms with van der Waals surface area (Å²) in [4.78, 5) is 0. The van der Waals surface area contributed by atoms with Crippen molar-refractivity contribution in [2.75, 3.05) is 0 Å². The second-order valence-corrected chi connectivity index (χ2v) is 4.59. The van der Waals surface area contributed by atoms with Crippen LogP contribution in [-0.4, -0.2) is 0 Å². The predicted octanol–water partition coefficient (Wildman–Crippen LogP) is 4.39. The predicted molar refractivity (Wildman–Crippen MR) is 55.3 cm³/mol. The first-order valence-electron chi connectivity index (χ1n) is 5.83. The Balaban J connectivity index is 1.75. The molecule has 1 unspecified atom stereocenters. The molecule has 0 aromatic heterocycles. The monoisotopic (exact) mass is 168 g/mol. The lowest BCUT2D eigenvalue weighted by Gasteiger charge is -2.06. The minimum Gasteiger partial charge on any atom is -0.0651 e. The Hall–Kier alpha value is 0. The topological polar surface area (TPSA) is 0 Å². The SMILES string of the molecule is CCC(C)CCCCCC1CC1. The summed E-state index contributed by atoms with van der Waals surface area (Å²) in [6, 6.07) is 0. The lowest BCUT2D eigenvalue weighted by molar-refractivity contribution is 0.470. The van der Waals surface area contributed by atoms with Gasteiger partial charge in [-0.2, -0.15) is 0 Å². The van der Waals surface area contributed by atoms with E-state index >= 15 is 0 Å². The van der Waals surface area contributed by atoms with Crippen molar-refractivity contribution in [3.8, 4) is 0 Å². The van der Waals surface area contributed by atoms with E-state index in [1.807, 2.05) is 0 Å². The van der Waals surface area contributed by atoms with E-state index in [-0.39, 0.29) is 0 Å². The van der Waals surface area contributed by atoms with Crippen molar-refractivity contribution >= 4 is 0 Å². The van der Waals surface area contributed by atoms with Gasteiger partial charge in [-0.3, -0.25) is 0 Å². The summed E-state index contributed by atoms with van der Waals surface area (Å²) in [5.74, 6) is 2.11. The van der Waals surface area contributed by atoms with E-state index in [0.717, 1.165) is 11.8 Å². The van der Waals surface area contributed by atoms with Crippen molar-refractivity contribution in [1.29, 1.82) is 0 Å². The van der Waals surface area contributed by atoms with E-state index in [1.54, 1.807) is 0 Å². The average Bonchev–Trinajstić information content (AvgIpc) is 2.87. The molecule has 0 N–H and O–H groups in total. The first-order chi connectivity index (χ1) is 5.83. The van der Waals surface area contributed by atoms with Gasteiger partial charge in [-0.05, 0) is 11.8 Å². The standard InChI is InChI=1S/C12H24/c1-3-11(2)7-5-4-6-8-12-9-10-12/h11-12H,3-10H2,1-2H3. The lowest BCUT2D eigenvalue weighted by atomic mass is 10.00. The van der Waals surface area contributed by atoms with Gasteiger partial charge in [0.2, 0.25) is 0 Å². The van der Waals surface area contributed by atoms with Crippen molar-refractivity contribution in [3.63, 3.8) is 0 Å². The Morgan fingerprint density at radius 1 is 1.17 bits per heavy atom. The van der Waals surface area contributed by atoms with Crippen LogP contribution < -0.4 is 0 Å². The van der Waals surface area contributed by atoms with E-state index in [4.69, 9.17) is 0 Å². The van der Waals surface area contributed by atoms with Crippen molar-refractivity contribution in [3.05, 3.63) is 0 Å². The zero-order valence-corrected chi connectivity index (χ0v) is 8.81. The highest BCUT2D eigenvalue weighted by molar-refractivity contribution is 4.72. The fraction of sp³-hybridized carbons (Fsp3) is 1.00. The molecule has 0 aromatic rings. The Kier molecular flexibility index (Phi) is 4.72. The maximum absolute atomic E-state index is 2.38. The fourth-order valence-electron chi connectivity index (χ4n) is 1.71. The maximum Gasteiger partial charge on any atom is -0.0414 e. The average molecular weight is 168 g/mol. The van der Waals surface area contributed by atoms with Crippen LogP contribution in [0.1, 0.15) is 65.2 Å². The summed E-state index contributed by atoms with van der Waals surface area (Å²) in [6.45, 7) is 4.68. The molecule has 1 atom stereocenters. The number of hydrogen-bond acceptors (Lipinski definition) is 0. The fourth-order valence-corrected chi connectivity index (χ4v) is 1.71. The van der Waals surface area contributed by atoms with Crippen LogP contribution in [0.3, 0.4) is 0 Å². The molecule has 1 saturated carbocycles. The minimum absolute atomic E-state index is 0.964. The molecule has 0 amide bonds. The van der Waals surface area contributed by atoms with Gasteiger partial charge in [-0.1, -0.05) is 65.2 Å². The van der Waals surface area contributed by atoms with Gasteiger partial charge in [-0.15, -0.1) is 0 Å². The van der Waals surface area contributed by atoms with Gasteiger partial charge in [0.25, 0.3) is 0 Å². The Bertz CT molecular complexity index is 103. The normalized spacial score (nSPS) is 19.5. The van der Waals surface area contributed by atoms with Crippen LogP contribution in [0.25, 0.3) is 0 Å². The molecule has 0 aromatic carbocycles. The third kappa shape index (κ3) is 4.79. The highest BCUT2D eigenvalue weighted by Crippen LogP contribution is 2.34. The molecule has 1 aliphatic carbocycles. The molecule has 1 rings (SSSR count). The first kappa shape index (κ1) is 10.1. The van der Waals surface area contributed by atoms with Crippen LogP contribution in [0, 0.1) is 11.8 Å². The van der Waals surface area contributed by atoms with E-state index in [1.165, 1.54) is 51.4 Å². The third-order valence-corrected chi connectivity index (χ3v) is 3.20. The lowest BCUT2D eigenvalue weighted by Crippen LogP contribution is -1.91. The number of hydrogen-bond donors (Lipinski definition) is 0. The molecule has 12 heavy (non-hydrogen) atoms. The molecular weight excluding hydrogens is 144 g/mol. The van der Waals surface area contributed by atoms with Crippen molar-refractivity contribution in [2.45, 2.75) is 65.2 Å². The molecule has 1 aliphatic rings. The molecule has 0 nitrogen and oxygen atoms in total. The Labute approximate surface area is 77.7 Å². The molecule has 72 valence electrons. The quantitative estimate of drug-likeness (QED) is 0.494. The second kappa shape index (κ2) is 5.61. The summed E-state index contributed by atoms with van der Waals surface area (Å²) in [7, 11) is 0. The zero-order chi connectivity index (χ0) is 8.81. The van der Waals surface area contributed by atoms with Crippen molar-refractivity contribution in [2.24, 2.45) is 11.8 Å². The van der Waals surface area contributed by atoms with E-state index in [9.17, 15) is 0 Å². The van der Waals surface area contributed by atoms with E-state index in [2.05, 4.69) is 13.8 Å². The largest absolute Gasteiger partial charge is 0.0651 e. The van der Waals surface area contributed by atoms with Gasteiger partial charge in [0.15, 0.2) is 0 Å². The molecule has 0 heteroatoms. The summed E-state index contributed by atoms with van der Waals surface area (Å²) in [5, 5.41) is 0. The Morgan fingerprint density at radius 3 is 2.50 bits per heavy atom. The smallest absolute Gasteiger partial charge is 0.0414 e. The number of rotatable bonds is 7. The van der Waals surface area contributed by atoms with Crippen molar-refractivity contribution in [1.82, 2.24) is 0 Å². The maximum atomic E-state index is 2.38. The molecule has 0 radical (unpaired) electrons. The Morgan fingerprint density at radius 2 is 1.92 bits per heavy atom. The van der Waals surface area contributed by atoms with Gasteiger partial charge in [0, 0.05) is 0 Å². The molecule has 0 heterocycles. The van der Waals surface area contributed by atoms with E-state index < -0.39 is 0 Å². The van der Waals surface area contributed by atoms with Crippen LogP contribution in [0.2, 0.25) is 0 Å². The summed E-state index contributed by atoms with van der Waals surface area (Å²) < 4.78 is 0. The molecule has 0 saturated heterocycles. The second-order valence-electron chi connectivity index (χ2n) is 4.59. The third-order valence-electron chi connectivity index (χ3n) is 3.20. The highest BCUT2D eigenvalue weighted by Gasteiger charge is 2.19. The van der Waals surface area contributed by atoms with Crippen LogP contribution >= 0.6 is 0 Å². The van der Waals surface area contributed by atoms with Gasteiger partial charge >= 0.3 is 0 Å².